The summed E-state index contributed by atoms with van der Waals surface area (Å²) in [4.78, 5) is 127. The zero-order chi connectivity index (χ0) is 64.0. The lowest BCUT2D eigenvalue weighted by Gasteiger charge is -2.25. The van der Waals surface area contributed by atoms with Crippen molar-refractivity contribution in [3.05, 3.63) is 178 Å². The van der Waals surface area contributed by atoms with E-state index in [-0.39, 0.29) is 96.2 Å². The number of fused-ring (bicyclic) bond motifs is 2. The summed E-state index contributed by atoms with van der Waals surface area (Å²) in [6, 6.07) is 32.5. The Kier molecular flexibility index (Phi) is 23.8. The van der Waals surface area contributed by atoms with Gasteiger partial charge in [-0.2, -0.15) is 0 Å². The van der Waals surface area contributed by atoms with Crippen LogP contribution in [-0.4, -0.2) is 141 Å². The summed E-state index contributed by atoms with van der Waals surface area (Å²) >= 11 is 5.73. The second kappa shape index (κ2) is 32.1. The molecule has 5 atom stereocenters. The average molecular weight is 1240 g/mol. The van der Waals surface area contributed by atoms with Crippen molar-refractivity contribution >= 4 is 87.5 Å². The van der Waals surface area contributed by atoms with E-state index in [4.69, 9.17) is 21.7 Å². The number of anilines is 1. The number of nitrogens with one attached hydrogen (secondary N) is 9. The fraction of sp³-hybridized carbons (Fsp3) is 0.254. The molecule has 0 bridgehead atoms. The number of phenols is 1. The van der Waals surface area contributed by atoms with E-state index >= 15 is 0 Å². The van der Waals surface area contributed by atoms with Crippen LogP contribution in [0.3, 0.4) is 0 Å². The third-order valence-electron chi connectivity index (χ3n) is 14.0. The molecule has 0 unspecified atom stereocenters. The highest BCUT2D eigenvalue weighted by Gasteiger charge is 2.30. The van der Waals surface area contributed by atoms with E-state index in [0.717, 1.165) is 11.1 Å². The molecule has 5 aromatic carbocycles. The zero-order valence-electron chi connectivity index (χ0n) is 47.7. The van der Waals surface area contributed by atoms with Crippen molar-refractivity contribution in [3.63, 3.8) is 0 Å². The van der Waals surface area contributed by atoms with Crippen molar-refractivity contribution in [3.8, 4) is 28.2 Å². The summed E-state index contributed by atoms with van der Waals surface area (Å²) in [6.45, 7) is -0.521. The van der Waals surface area contributed by atoms with Crippen LogP contribution in [0, 0.1) is 0 Å². The van der Waals surface area contributed by atoms with E-state index in [1.165, 1.54) is 36.4 Å². The predicted octanol–water partition coefficient (Wildman–Crippen LogP) is 3.99. The molecule has 0 fully saturated rings. The van der Waals surface area contributed by atoms with Gasteiger partial charge in [0.2, 0.25) is 23.6 Å². The summed E-state index contributed by atoms with van der Waals surface area (Å²) in [5.41, 5.74) is 3.28. The molecule has 6 amide bonds. The highest BCUT2D eigenvalue weighted by atomic mass is 32.1. The molecule has 0 spiro atoms. The number of hydrogen-bond acceptors (Lipinski definition) is 14. The molecule has 1 aliphatic carbocycles. The standard InChI is InChI=1S/C63H65N9O16S/c73-40-19-22-43-51(33-40)88-52-34-41(74)20-23-44(52)55(43)42-21-18-39(32-45(42)59(81)82)68-63(89)72-50(31-38-15-8-3-9-16-38)58(80)69-49(30-37-13-6-2-7-14-37)57(79)67-35-53(75)65-27-28-66-56(78)48(29-36-11-4-1-5-12-36)64-26-10-17-46(60(83)84)70-62(87)71-47(61(85)86)24-25-54(76)77/h1-9,11-16,18-23,32-34,46-50,64,73H,10,17,24-31,35H2,(H,65,75)(H,66,78)(H,67,79)(H,69,80)(H,76,77)(H,81,82)(H,83,84)(H,85,86)(H2,68,72,89)(H2,70,71,87)/t46-,47-,48-,49-,50-/m0/s1. The molecule has 89 heavy (non-hydrogen) atoms. The van der Waals surface area contributed by atoms with Gasteiger partial charge < -0.3 is 77.8 Å². The van der Waals surface area contributed by atoms with Crippen LogP contribution in [0.25, 0.3) is 33.4 Å². The second-order valence-corrected chi connectivity index (χ2v) is 20.9. The summed E-state index contributed by atoms with van der Waals surface area (Å²) in [7, 11) is 0. The maximum Gasteiger partial charge on any atom is 0.336 e. The number of amides is 6. The Balaban J connectivity index is 0.955. The minimum absolute atomic E-state index is 0.00928. The van der Waals surface area contributed by atoms with Crippen LogP contribution >= 0.6 is 12.2 Å². The highest BCUT2D eigenvalue weighted by molar-refractivity contribution is 7.80. The lowest BCUT2D eigenvalue weighted by molar-refractivity contribution is -0.141. The third kappa shape index (κ3) is 19.9. The van der Waals surface area contributed by atoms with Crippen LogP contribution in [0.4, 0.5) is 10.5 Å². The van der Waals surface area contributed by atoms with Gasteiger partial charge in [-0.15, -0.1) is 0 Å². The van der Waals surface area contributed by atoms with Crippen molar-refractivity contribution < 1.29 is 73.1 Å². The Hall–Kier alpha value is -10.7. The number of carboxylic acid groups (broad SMARTS) is 4. The monoisotopic (exact) mass is 1240 g/mol. The van der Waals surface area contributed by atoms with E-state index in [2.05, 4.69) is 47.9 Å². The van der Waals surface area contributed by atoms with E-state index in [1.807, 2.05) is 12.1 Å². The van der Waals surface area contributed by atoms with Crippen molar-refractivity contribution in [2.45, 2.75) is 75.2 Å². The van der Waals surface area contributed by atoms with Gasteiger partial charge in [0.25, 0.3) is 0 Å². The first kappa shape index (κ1) is 65.8. The summed E-state index contributed by atoms with van der Waals surface area (Å²) in [6.07, 6.45) is -0.686. The SMILES string of the molecule is O=C(O)CC[C@H](NC(=O)N[C@@H](CCCN[C@@H](Cc1ccccc1)C(=O)NCCNC(=O)CNC(=O)[C@H](Cc1ccccc1)NC(=O)[C@H](Cc1ccccc1)NC(=S)Nc1ccc(-c2c3ccc(=O)cc-3oc3cc(O)ccc23)c(C(=O)O)c1)C(=O)O)C(=O)O. The van der Waals surface area contributed by atoms with Gasteiger partial charge in [0.1, 0.15) is 41.3 Å². The minimum Gasteiger partial charge on any atom is -0.508 e. The Morgan fingerprint density at radius 2 is 1.09 bits per heavy atom. The molecule has 26 heteroatoms. The van der Waals surface area contributed by atoms with Gasteiger partial charge in [-0.25, -0.2) is 19.2 Å². The summed E-state index contributed by atoms with van der Waals surface area (Å²) < 4.78 is 5.95. The molecular weight excluding hydrogens is 1170 g/mol. The summed E-state index contributed by atoms with van der Waals surface area (Å²) in [5, 5.41) is 73.4. The van der Waals surface area contributed by atoms with Gasteiger partial charge in [-0.1, -0.05) is 97.1 Å². The number of urea groups is 1. The molecule has 25 nitrogen and oxygen atoms in total. The molecule has 1 heterocycles. The number of rotatable bonds is 31. The fourth-order valence-corrected chi connectivity index (χ4v) is 9.84. The fourth-order valence-electron chi connectivity index (χ4n) is 9.58. The number of aliphatic carboxylic acids is 3. The lowest BCUT2D eigenvalue weighted by Crippen LogP contribution is -2.56. The Morgan fingerprint density at radius 1 is 0.528 bits per heavy atom. The maximum absolute atomic E-state index is 14.5. The summed E-state index contributed by atoms with van der Waals surface area (Å²) in [5.74, 6) is -7.86. The highest BCUT2D eigenvalue weighted by Crippen LogP contribution is 2.42. The van der Waals surface area contributed by atoms with Crippen molar-refractivity contribution in [2.24, 2.45) is 0 Å². The molecule has 0 radical (unpaired) electrons. The van der Waals surface area contributed by atoms with Crippen LogP contribution in [0.1, 0.15) is 52.7 Å². The molecule has 0 saturated carbocycles. The molecule has 7 rings (SSSR count). The quantitative estimate of drug-likeness (QED) is 0.0166. The van der Waals surface area contributed by atoms with Crippen LogP contribution in [-0.2, 0) is 52.8 Å². The molecule has 14 N–H and O–H groups in total. The Morgan fingerprint density at radius 3 is 1.69 bits per heavy atom. The van der Waals surface area contributed by atoms with Crippen LogP contribution < -0.4 is 53.3 Å². The van der Waals surface area contributed by atoms with Crippen LogP contribution in [0.15, 0.2) is 155 Å². The average Bonchev–Trinajstić information content (AvgIpc) is 0.809. The zero-order valence-corrected chi connectivity index (χ0v) is 48.5. The molecule has 0 saturated heterocycles. The molecule has 1 aliphatic heterocycles. The molecule has 5 aromatic rings. The number of carbonyl (C=O) groups is 9. The molecule has 464 valence electrons. The van der Waals surface area contributed by atoms with Crippen LogP contribution in [0.2, 0.25) is 0 Å². The smallest absolute Gasteiger partial charge is 0.336 e. The maximum atomic E-state index is 14.5. The van der Waals surface area contributed by atoms with Gasteiger partial charge >= 0.3 is 29.9 Å². The normalized spacial score (nSPS) is 12.6. The van der Waals surface area contributed by atoms with E-state index in [0.29, 0.717) is 22.1 Å². The first-order valence-electron chi connectivity index (χ1n) is 28.1. The topological polar surface area (TPSA) is 393 Å². The van der Waals surface area contributed by atoms with Gasteiger partial charge in [0, 0.05) is 66.7 Å². The Labute approximate surface area is 514 Å². The van der Waals surface area contributed by atoms with Gasteiger partial charge in [0.15, 0.2) is 10.5 Å². The first-order valence-corrected chi connectivity index (χ1v) is 28.5. The van der Waals surface area contributed by atoms with E-state index in [9.17, 15) is 68.4 Å². The number of aromatic carboxylic acids is 1. The largest absolute Gasteiger partial charge is 0.508 e. The molecular formula is C63H65N9O16S. The van der Waals surface area contributed by atoms with Gasteiger partial charge in [-0.3, -0.25) is 28.8 Å². The predicted molar refractivity (Wildman–Crippen MR) is 330 cm³/mol. The van der Waals surface area contributed by atoms with Crippen molar-refractivity contribution in [2.75, 3.05) is 31.5 Å². The molecule has 2 aliphatic rings. The number of benzene rings is 6. The van der Waals surface area contributed by atoms with Crippen molar-refractivity contribution in [1.82, 2.24) is 42.5 Å². The lowest BCUT2D eigenvalue weighted by atomic mass is 9.90. The molecule has 0 aromatic heterocycles. The number of hydrogen-bond donors (Lipinski definition) is 14. The van der Waals surface area contributed by atoms with E-state index in [1.54, 1.807) is 97.1 Å². The van der Waals surface area contributed by atoms with E-state index < -0.39 is 103 Å². The van der Waals surface area contributed by atoms with Gasteiger partial charge in [-0.05, 0) is 103 Å². The van der Waals surface area contributed by atoms with Gasteiger partial charge in [0.05, 0.1) is 18.2 Å². The number of phenolic OH excluding ortho intramolecular Hbond substituents is 1. The number of carbonyl (C=O) groups excluding carboxylic acids is 5. The first-order chi connectivity index (χ1) is 42.7. The minimum atomic E-state index is -1.58. The third-order valence-corrected chi connectivity index (χ3v) is 14.2. The number of carboxylic acids is 4. The van der Waals surface area contributed by atoms with Crippen molar-refractivity contribution in [1.29, 1.82) is 0 Å². The second-order valence-electron chi connectivity index (χ2n) is 20.5. The Bertz CT molecular complexity index is 3720. The van der Waals surface area contributed by atoms with Crippen LogP contribution in [0.5, 0.6) is 5.75 Å². The number of aromatic hydroxyl groups is 1. The number of thiocarbonyl (C=S) groups is 1.